The molecule has 4 rings (SSSR count). The maximum atomic E-state index is 12.7. The first-order valence-corrected chi connectivity index (χ1v) is 11.7. The highest BCUT2D eigenvalue weighted by Gasteiger charge is 2.31. The van der Waals surface area contributed by atoms with Gasteiger partial charge in [-0.2, -0.15) is 0 Å². The first-order chi connectivity index (χ1) is 16.5. The van der Waals surface area contributed by atoms with Gasteiger partial charge in [0.2, 0.25) is 0 Å². The summed E-state index contributed by atoms with van der Waals surface area (Å²) < 4.78 is 10.8. The Morgan fingerprint density at radius 3 is 2.09 bits per heavy atom. The predicted octanol–water partition coefficient (Wildman–Crippen LogP) is 0.223. The van der Waals surface area contributed by atoms with Crippen LogP contribution >= 0.6 is 0 Å². The molecule has 11 heteroatoms. The molecule has 11 nitrogen and oxygen atoms in total. The van der Waals surface area contributed by atoms with Crippen LogP contribution in [0, 0.1) is 0 Å². The number of nitrogens with one attached hydrogen (secondary N) is 1. The van der Waals surface area contributed by atoms with Gasteiger partial charge in [-0.3, -0.25) is 14.4 Å². The van der Waals surface area contributed by atoms with E-state index in [1.165, 1.54) is 9.80 Å². The quantitative estimate of drug-likeness (QED) is 0.627. The van der Waals surface area contributed by atoms with Crippen molar-refractivity contribution in [1.29, 1.82) is 0 Å². The Bertz CT molecular complexity index is 905. The van der Waals surface area contributed by atoms with Gasteiger partial charge in [0.15, 0.2) is 6.61 Å². The molecule has 3 heterocycles. The number of likely N-dealkylation sites (tertiary alicyclic amines) is 1. The Balaban J connectivity index is 1.23. The van der Waals surface area contributed by atoms with Gasteiger partial charge in [-0.05, 0) is 25.0 Å². The lowest BCUT2D eigenvalue weighted by molar-refractivity contribution is -0.154. The summed E-state index contributed by atoms with van der Waals surface area (Å²) in [5, 5.41) is 2.83. The molecule has 1 aromatic carbocycles. The molecular formula is C23H31N5O6. The zero-order valence-corrected chi connectivity index (χ0v) is 19.2. The van der Waals surface area contributed by atoms with Crippen molar-refractivity contribution in [3.05, 3.63) is 24.3 Å². The van der Waals surface area contributed by atoms with E-state index in [-0.39, 0.29) is 18.5 Å². The first kappa shape index (κ1) is 23.8. The molecule has 3 aliphatic heterocycles. The van der Waals surface area contributed by atoms with Gasteiger partial charge in [0.25, 0.3) is 5.91 Å². The average Bonchev–Trinajstić information content (AvgIpc) is 3.42. The lowest BCUT2D eigenvalue weighted by atomic mass is 10.3. The Hall–Kier alpha value is -3.34. The van der Waals surface area contributed by atoms with Gasteiger partial charge < -0.3 is 34.4 Å². The van der Waals surface area contributed by atoms with E-state index >= 15 is 0 Å². The molecule has 0 saturated carbocycles. The van der Waals surface area contributed by atoms with Gasteiger partial charge in [0, 0.05) is 64.1 Å². The lowest BCUT2D eigenvalue weighted by Gasteiger charge is -2.35. The molecular weight excluding hydrogens is 442 g/mol. The molecule has 0 radical (unpaired) electrons. The van der Waals surface area contributed by atoms with Crippen LogP contribution in [0.4, 0.5) is 10.5 Å². The summed E-state index contributed by atoms with van der Waals surface area (Å²) in [5.41, 5.74) is 0.553. The molecule has 1 aromatic rings. The van der Waals surface area contributed by atoms with Gasteiger partial charge in [-0.1, -0.05) is 6.07 Å². The molecule has 5 amide bonds. The fraction of sp³-hybridized carbons (Fsp3) is 0.565. The Morgan fingerprint density at radius 1 is 0.794 bits per heavy atom. The van der Waals surface area contributed by atoms with E-state index in [2.05, 4.69) is 5.32 Å². The number of piperazine rings is 1. The minimum atomic E-state index is -0.532. The van der Waals surface area contributed by atoms with Crippen LogP contribution in [0.3, 0.4) is 0 Å². The van der Waals surface area contributed by atoms with Crippen molar-refractivity contribution in [3.63, 3.8) is 0 Å². The molecule has 0 atom stereocenters. The van der Waals surface area contributed by atoms with Crippen LogP contribution in [0.5, 0.6) is 5.75 Å². The Morgan fingerprint density at radius 2 is 1.41 bits per heavy atom. The first-order valence-electron chi connectivity index (χ1n) is 11.7. The summed E-state index contributed by atoms with van der Waals surface area (Å²) in [4.78, 5) is 56.2. The van der Waals surface area contributed by atoms with Crippen molar-refractivity contribution in [3.8, 4) is 5.75 Å². The van der Waals surface area contributed by atoms with Crippen molar-refractivity contribution >= 4 is 29.4 Å². The molecule has 0 spiro atoms. The topological polar surface area (TPSA) is 112 Å². The van der Waals surface area contributed by atoms with Gasteiger partial charge >= 0.3 is 17.8 Å². The number of hydrogen-bond acceptors (Lipinski definition) is 6. The van der Waals surface area contributed by atoms with Crippen LogP contribution in [0.15, 0.2) is 24.3 Å². The minimum Gasteiger partial charge on any atom is -0.484 e. The third-order valence-corrected chi connectivity index (χ3v) is 6.24. The number of rotatable bonds is 4. The summed E-state index contributed by atoms with van der Waals surface area (Å²) in [5.74, 6) is -0.578. The van der Waals surface area contributed by atoms with Crippen molar-refractivity contribution in [2.75, 3.05) is 77.5 Å². The predicted molar refractivity (Wildman–Crippen MR) is 122 cm³/mol. The summed E-state index contributed by atoms with van der Waals surface area (Å²) in [6.07, 6.45) is 2.06. The van der Waals surface area contributed by atoms with Crippen molar-refractivity contribution in [1.82, 2.24) is 19.6 Å². The highest BCUT2D eigenvalue weighted by Crippen LogP contribution is 2.19. The van der Waals surface area contributed by atoms with Crippen LogP contribution in [0.2, 0.25) is 0 Å². The maximum absolute atomic E-state index is 12.7. The standard InChI is InChI=1S/C23H31N5O6/c29-20(25-6-1-2-7-25)17-34-19-5-3-4-18(16-19)24-23(32)28-10-8-26(9-11-28)21(30)22(31)27-12-14-33-15-13-27/h3-5,16H,1-2,6-15,17H2,(H,24,32). The molecule has 0 unspecified atom stereocenters. The van der Waals surface area contributed by atoms with Crippen molar-refractivity contribution < 1.29 is 28.7 Å². The van der Waals surface area contributed by atoms with Gasteiger partial charge in [0.05, 0.1) is 13.2 Å². The third-order valence-electron chi connectivity index (χ3n) is 6.24. The van der Waals surface area contributed by atoms with Crippen LogP contribution in [-0.2, 0) is 19.1 Å². The van der Waals surface area contributed by atoms with Gasteiger partial charge in [-0.25, -0.2) is 4.79 Å². The molecule has 0 aromatic heterocycles. The molecule has 34 heavy (non-hydrogen) atoms. The Kier molecular flexibility index (Phi) is 7.84. The second-order valence-corrected chi connectivity index (χ2v) is 8.52. The maximum Gasteiger partial charge on any atom is 0.321 e. The fourth-order valence-electron chi connectivity index (χ4n) is 4.22. The van der Waals surface area contributed by atoms with Crippen molar-refractivity contribution in [2.24, 2.45) is 0 Å². The van der Waals surface area contributed by atoms with Crippen LogP contribution in [-0.4, -0.2) is 116 Å². The van der Waals surface area contributed by atoms with Crippen LogP contribution < -0.4 is 10.1 Å². The van der Waals surface area contributed by atoms with E-state index in [1.807, 2.05) is 0 Å². The summed E-state index contributed by atoms with van der Waals surface area (Å²) >= 11 is 0. The van der Waals surface area contributed by atoms with Crippen LogP contribution in [0.1, 0.15) is 12.8 Å². The largest absolute Gasteiger partial charge is 0.484 e. The van der Waals surface area contributed by atoms with E-state index in [0.717, 1.165) is 25.9 Å². The average molecular weight is 474 g/mol. The number of hydrogen-bond donors (Lipinski definition) is 1. The van der Waals surface area contributed by atoms with E-state index < -0.39 is 11.8 Å². The third kappa shape index (κ3) is 5.96. The fourth-order valence-corrected chi connectivity index (χ4v) is 4.22. The summed E-state index contributed by atoms with van der Waals surface area (Å²) in [6.45, 7) is 4.48. The summed E-state index contributed by atoms with van der Waals surface area (Å²) in [7, 11) is 0. The number of amides is 5. The van der Waals surface area contributed by atoms with Crippen molar-refractivity contribution in [2.45, 2.75) is 12.8 Å². The van der Waals surface area contributed by atoms with Gasteiger partial charge in [-0.15, -0.1) is 0 Å². The normalized spacial score (nSPS) is 18.6. The number of morpholine rings is 1. The molecule has 3 aliphatic rings. The highest BCUT2D eigenvalue weighted by molar-refractivity contribution is 6.34. The number of ether oxygens (including phenoxy) is 2. The summed E-state index contributed by atoms with van der Waals surface area (Å²) in [6, 6.07) is 6.61. The molecule has 1 N–H and O–H groups in total. The SMILES string of the molecule is O=C(COc1cccc(NC(=O)N2CCN(C(=O)C(=O)N3CCOCC3)CC2)c1)N1CCCC1. The van der Waals surface area contributed by atoms with E-state index in [0.29, 0.717) is 63.9 Å². The number of anilines is 1. The number of carbonyl (C=O) groups excluding carboxylic acids is 4. The molecule has 3 fully saturated rings. The molecule has 3 saturated heterocycles. The second-order valence-electron chi connectivity index (χ2n) is 8.52. The number of urea groups is 1. The highest BCUT2D eigenvalue weighted by atomic mass is 16.5. The zero-order valence-electron chi connectivity index (χ0n) is 19.2. The number of benzene rings is 1. The van der Waals surface area contributed by atoms with E-state index in [4.69, 9.17) is 9.47 Å². The lowest BCUT2D eigenvalue weighted by Crippen LogP contribution is -2.56. The van der Waals surface area contributed by atoms with Gasteiger partial charge in [0.1, 0.15) is 5.75 Å². The van der Waals surface area contributed by atoms with Crippen LogP contribution in [0.25, 0.3) is 0 Å². The monoisotopic (exact) mass is 473 g/mol. The van der Waals surface area contributed by atoms with E-state index in [1.54, 1.807) is 34.1 Å². The minimum absolute atomic E-state index is 0.0312. The zero-order chi connectivity index (χ0) is 23.9. The van der Waals surface area contributed by atoms with E-state index in [9.17, 15) is 19.2 Å². The smallest absolute Gasteiger partial charge is 0.321 e. The Labute approximate surface area is 198 Å². The number of nitrogens with zero attached hydrogens (tertiary/aromatic N) is 4. The molecule has 184 valence electrons. The molecule has 0 aliphatic carbocycles. The molecule has 0 bridgehead atoms. The number of carbonyl (C=O) groups is 4. The second kappa shape index (κ2) is 11.2.